The van der Waals surface area contributed by atoms with Crippen molar-refractivity contribution in [3.05, 3.63) is 0 Å². The molecule has 0 bridgehead atoms. The Bertz CT molecular complexity index is 199. The molecule has 0 rings (SSSR count). The molecule has 0 aliphatic heterocycles. The minimum Gasteiger partial charge on any atom is -0.480 e. The van der Waals surface area contributed by atoms with E-state index in [0.29, 0.717) is 12.2 Å². The second-order valence-corrected chi connectivity index (χ2v) is 3.95. The molecule has 0 aromatic heterocycles. The number of aliphatic carboxylic acids is 1. The second-order valence-electron chi connectivity index (χ2n) is 2.80. The van der Waals surface area contributed by atoms with Crippen LogP contribution in [0.15, 0.2) is 0 Å². The van der Waals surface area contributed by atoms with Crippen LogP contribution in [0.3, 0.4) is 0 Å². The normalized spacial score (nSPS) is 12.1. The topological polar surface area (TPSA) is 92.4 Å². The second kappa shape index (κ2) is 7.64. The van der Waals surface area contributed by atoms with Crippen LogP contribution in [-0.4, -0.2) is 41.6 Å². The molecule has 5 nitrogen and oxygen atoms in total. The van der Waals surface area contributed by atoms with Crippen LogP contribution in [0.1, 0.15) is 12.8 Å². The van der Waals surface area contributed by atoms with Crippen molar-refractivity contribution in [1.82, 2.24) is 5.32 Å². The Hall–Kier alpha value is -0.750. The predicted molar refractivity (Wildman–Crippen MR) is 56.2 cm³/mol. The number of nitrogens with two attached hydrogens (primary N) is 1. The van der Waals surface area contributed by atoms with Gasteiger partial charge in [-0.2, -0.15) is 11.8 Å². The van der Waals surface area contributed by atoms with Gasteiger partial charge in [0.1, 0.15) is 6.04 Å². The van der Waals surface area contributed by atoms with Gasteiger partial charge in [-0.1, -0.05) is 0 Å². The molecule has 4 N–H and O–H groups in total. The summed E-state index contributed by atoms with van der Waals surface area (Å²) in [4.78, 5) is 21.1. The molecule has 1 atom stereocenters. The Balaban J connectivity index is 3.30. The third kappa shape index (κ3) is 6.73. The first kappa shape index (κ1) is 13.2. The van der Waals surface area contributed by atoms with Crippen molar-refractivity contribution in [3.8, 4) is 0 Å². The monoisotopic (exact) mass is 220 g/mol. The molecule has 0 aromatic rings. The molecule has 14 heavy (non-hydrogen) atoms. The van der Waals surface area contributed by atoms with Crippen molar-refractivity contribution in [2.45, 2.75) is 18.9 Å². The highest BCUT2D eigenvalue weighted by molar-refractivity contribution is 7.99. The number of rotatable bonds is 7. The number of hydrogen-bond acceptors (Lipinski definition) is 4. The summed E-state index contributed by atoms with van der Waals surface area (Å²) in [5, 5.41) is 11.0. The minimum absolute atomic E-state index is 0.00753. The lowest BCUT2D eigenvalue weighted by molar-refractivity contribution is -0.137. The molecule has 0 fully saturated rings. The third-order valence-corrected chi connectivity index (χ3v) is 2.76. The molecule has 82 valence electrons. The summed E-state index contributed by atoms with van der Waals surface area (Å²) in [6, 6.07) is -0.806. The Morgan fingerprint density at radius 3 is 2.71 bits per heavy atom. The molecular weight excluding hydrogens is 204 g/mol. The van der Waals surface area contributed by atoms with Gasteiger partial charge in [-0.15, -0.1) is 0 Å². The van der Waals surface area contributed by atoms with Crippen LogP contribution >= 0.6 is 11.8 Å². The van der Waals surface area contributed by atoms with Crippen LogP contribution in [0, 0.1) is 0 Å². The van der Waals surface area contributed by atoms with Gasteiger partial charge in [0, 0.05) is 19.2 Å². The van der Waals surface area contributed by atoms with Gasteiger partial charge in [0.05, 0.1) is 0 Å². The number of carbonyl (C=O) groups excluding carboxylic acids is 1. The number of hydrogen-bond donors (Lipinski definition) is 3. The van der Waals surface area contributed by atoms with Crippen LogP contribution < -0.4 is 11.1 Å². The Morgan fingerprint density at radius 2 is 2.21 bits per heavy atom. The van der Waals surface area contributed by atoms with Crippen LogP contribution in [-0.2, 0) is 9.59 Å². The van der Waals surface area contributed by atoms with Crippen molar-refractivity contribution in [2.24, 2.45) is 5.73 Å². The molecule has 0 saturated heterocycles. The zero-order valence-corrected chi connectivity index (χ0v) is 8.97. The first-order chi connectivity index (χ1) is 6.57. The quantitative estimate of drug-likeness (QED) is 0.510. The van der Waals surface area contributed by atoms with Gasteiger partial charge in [0.15, 0.2) is 0 Å². The highest BCUT2D eigenvalue weighted by Crippen LogP contribution is 2.05. The van der Waals surface area contributed by atoms with E-state index in [4.69, 9.17) is 10.8 Å². The van der Waals surface area contributed by atoms with Gasteiger partial charge >= 0.3 is 5.97 Å². The van der Waals surface area contributed by atoms with Gasteiger partial charge < -0.3 is 16.2 Å². The lowest BCUT2D eigenvalue weighted by atomic mass is 10.3. The summed E-state index contributed by atoms with van der Waals surface area (Å²) < 4.78 is 0. The van der Waals surface area contributed by atoms with Crippen LogP contribution in [0.5, 0.6) is 0 Å². The Kier molecular flexibility index (Phi) is 7.23. The van der Waals surface area contributed by atoms with E-state index < -0.39 is 12.0 Å². The van der Waals surface area contributed by atoms with E-state index in [1.54, 1.807) is 7.05 Å². The lowest BCUT2D eigenvalue weighted by Gasteiger charge is -2.05. The maximum Gasteiger partial charge on any atom is 0.321 e. The summed E-state index contributed by atoms with van der Waals surface area (Å²) >= 11 is 1.46. The third-order valence-electron chi connectivity index (χ3n) is 1.59. The zero-order chi connectivity index (χ0) is 11.0. The summed E-state index contributed by atoms with van der Waals surface area (Å²) in [5.41, 5.74) is 5.29. The van der Waals surface area contributed by atoms with Crippen molar-refractivity contribution in [3.63, 3.8) is 0 Å². The fraction of sp³-hybridized carbons (Fsp3) is 0.750. The standard InChI is InChI=1S/C8H16N2O3S/c1-10-7(11)3-2-4-14-5-6(9)8(12)13/h6H,2-5,9H2,1H3,(H,10,11)(H,12,13)/t6-/m0/s1. The molecule has 0 aliphatic rings. The van der Waals surface area contributed by atoms with Crippen molar-refractivity contribution >= 4 is 23.6 Å². The molecule has 0 saturated carbocycles. The molecule has 6 heteroatoms. The summed E-state index contributed by atoms with van der Waals surface area (Å²) in [6.45, 7) is 0. The van der Waals surface area contributed by atoms with E-state index in [-0.39, 0.29) is 5.91 Å². The van der Waals surface area contributed by atoms with Crippen molar-refractivity contribution in [1.29, 1.82) is 0 Å². The smallest absolute Gasteiger partial charge is 0.321 e. The van der Waals surface area contributed by atoms with E-state index in [9.17, 15) is 9.59 Å². The molecule has 0 radical (unpaired) electrons. The molecule has 1 amide bonds. The SMILES string of the molecule is CNC(=O)CCCSC[C@H](N)C(=O)O. The van der Waals surface area contributed by atoms with Gasteiger partial charge in [0.2, 0.25) is 5.91 Å². The average Bonchev–Trinajstić information content (AvgIpc) is 2.16. The van der Waals surface area contributed by atoms with E-state index >= 15 is 0 Å². The number of amides is 1. The largest absolute Gasteiger partial charge is 0.480 e. The summed E-state index contributed by atoms with van der Waals surface area (Å²) in [5.74, 6) is 0.175. The maximum atomic E-state index is 10.8. The first-order valence-corrected chi connectivity index (χ1v) is 5.50. The molecule has 0 unspecified atom stereocenters. The molecule has 0 spiro atoms. The van der Waals surface area contributed by atoms with Crippen LogP contribution in [0.2, 0.25) is 0 Å². The summed E-state index contributed by atoms with van der Waals surface area (Å²) in [6.07, 6.45) is 1.22. The van der Waals surface area contributed by atoms with Crippen molar-refractivity contribution < 1.29 is 14.7 Å². The van der Waals surface area contributed by atoms with E-state index in [1.165, 1.54) is 11.8 Å². The van der Waals surface area contributed by atoms with E-state index in [0.717, 1.165) is 12.2 Å². The van der Waals surface area contributed by atoms with E-state index in [2.05, 4.69) is 5.32 Å². The van der Waals surface area contributed by atoms with Gasteiger partial charge in [-0.25, -0.2) is 0 Å². The van der Waals surface area contributed by atoms with Gasteiger partial charge in [-0.05, 0) is 12.2 Å². The summed E-state index contributed by atoms with van der Waals surface area (Å²) in [7, 11) is 1.59. The van der Waals surface area contributed by atoms with Crippen LogP contribution in [0.25, 0.3) is 0 Å². The maximum absolute atomic E-state index is 10.8. The van der Waals surface area contributed by atoms with Crippen LogP contribution in [0.4, 0.5) is 0 Å². The van der Waals surface area contributed by atoms with Crippen molar-refractivity contribution in [2.75, 3.05) is 18.6 Å². The molecule has 0 aliphatic carbocycles. The Morgan fingerprint density at radius 1 is 1.57 bits per heavy atom. The fourth-order valence-electron chi connectivity index (χ4n) is 0.741. The number of carboxylic acid groups (broad SMARTS) is 1. The number of carbonyl (C=O) groups is 2. The number of thioether (sulfide) groups is 1. The zero-order valence-electron chi connectivity index (χ0n) is 8.16. The minimum atomic E-state index is -0.983. The highest BCUT2D eigenvalue weighted by Gasteiger charge is 2.10. The van der Waals surface area contributed by atoms with Gasteiger partial charge in [-0.3, -0.25) is 9.59 Å². The fourth-order valence-corrected chi connectivity index (χ4v) is 1.65. The lowest BCUT2D eigenvalue weighted by Crippen LogP contribution is -2.32. The highest BCUT2D eigenvalue weighted by atomic mass is 32.2. The van der Waals surface area contributed by atoms with Gasteiger partial charge in [0.25, 0.3) is 0 Å². The molecule has 0 heterocycles. The average molecular weight is 220 g/mol. The number of nitrogens with one attached hydrogen (secondary N) is 1. The molecular formula is C8H16N2O3S. The predicted octanol–water partition coefficient (Wildman–Crippen LogP) is -0.342. The van der Waals surface area contributed by atoms with E-state index in [1.807, 2.05) is 0 Å². The molecule has 0 aromatic carbocycles. The first-order valence-electron chi connectivity index (χ1n) is 4.34. The number of carboxylic acids is 1. The Labute approximate surface area is 87.4 Å².